The molecule has 2 aromatic rings. The van der Waals surface area contributed by atoms with Crippen molar-refractivity contribution in [3.05, 3.63) is 52.7 Å². The fraction of sp³-hybridized carbons (Fsp3) is 0.389. The van der Waals surface area contributed by atoms with Gasteiger partial charge in [0.25, 0.3) is 5.91 Å². The minimum Gasteiger partial charge on any atom is -0.440 e. The Hall–Kier alpha value is -1.87. The number of hydrogen-bond acceptors (Lipinski definition) is 6. The molecular formula is C18H21ClN2O5S. The van der Waals surface area contributed by atoms with E-state index in [0.29, 0.717) is 24.8 Å². The van der Waals surface area contributed by atoms with Gasteiger partial charge in [-0.25, -0.2) is 8.42 Å². The number of morpholine rings is 1. The van der Waals surface area contributed by atoms with E-state index in [2.05, 4.69) is 10.2 Å². The highest BCUT2D eigenvalue weighted by atomic mass is 35.5. The van der Waals surface area contributed by atoms with E-state index in [1.54, 1.807) is 0 Å². The van der Waals surface area contributed by atoms with Gasteiger partial charge >= 0.3 is 0 Å². The number of amides is 1. The molecule has 0 bridgehead atoms. The number of rotatable bonds is 6. The van der Waals surface area contributed by atoms with Crippen molar-refractivity contribution in [1.29, 1.82) is 0 Å². The van der Waals surface area contributed by atoms with Crippen LogP contribution in [0.4, 0.5) is 0 Å². The average molecular weight is 413 g/mol. The first-order valence-corrected chi connectivity index (χ1v) is 10.8. The van der Waals surface area contributed by atoms with Crippen LogP contribution in [-0.4, -0.2) is 58.3 Å². The molecule has 0 saturated carbocycles. The minimum absolute atomic E-state index is 0.0460. The zero-order valence-electron chi connectivity index (χ0n) is 14.9. The van der Waals surface area contributed by atoms with Crippen LogP contribution in [0.1, 0.15) is 22.2 Å². The van der Waals surface area contributed by atoms with Gasteiger partial charge in [-0.2, -0.15) is 0 Å². The first kappa shape index (κ1) is 19.9. The maximum Gasteiger partial charge on any atom is 0.287 e. The minimum atomic E-state index is -3.50. The van der Waals surface area contributed by atoms with Crippen LogP contribution in [-0.2, 0) is 14.6 Å². The van der Waals surface area contributed by atoms with Gasteiger partial charge < -0.3 is 14.5 Å². The lowest BCUT2D eigenvalue weighted by Gasteiger charge is -2.35. The summed E-state index contributed by atoms with van der Waals surface area (Å²) in [6.07, 6.45) is 1.03. The molecule has 1 aromatic carbocycles. The molecule has 1 atom stereocenters. The van der Waals surface area contributed by atoms with Crippen molar-refractivity contribution in [2.75, 3.05) is 39.1 Å². The molecule has 1 unspecified atom stereocenters. The molecule has 1 aliphatic rings. The second kappa shape index (κ2) is 8.43. The summed E-state index contributed by atoms with van der Waals surface area (Å²) in [6.45, 7) is 2.99. The van der Waals surface area contributed by atoms with E-state index in [0.717, 1.165) is 24.9 Å². The molecule has 1 aliphatic heterocycles. The molecule has 0 aliphatic carbocycles. The summed E-state index contributed by atoms with van der Waals surface area (Å²) in [7, 11) is -3.50. The summed E-state index contributed by atoms with van der Waals surface area (Å²) >= 11 is 6.37. The van der Waals surface area contributed by atoms with Crippen LogP contribution >= 0.6 is 11.6 Å². The second-order valence-corrected chi connectivity index (χ2v) is 8.64. The van der Waals surface area contributed by atoms with Gasteiger partial charge in [0.1, 0.15) is 0 Å². The fourth-order valence-corrected chi connectivity index (χ4v) is 3.81. The summed E-state index contributed by atoms with van der Waals surface area (Å²) < 4.78 is 33.6. The van der Waals surface area contributed by atoms with E-state index in [9.17, 15) is 13.2 Å². The predicted molar refractivity (Wildman–Crippen MR) is 101 cm³/mol. The third-order valence-electron chi connectivity index (χ3n) is 4.38. The normalized spacial score (nSPS) is 16.8. The Kier molecular flexibility index (Phi) is 6.21. The molecule has 146 valence electrons. The summed E-state index contributed by atoms with van der Waals surface area (Å²) in [6, 6.07) is 10.0. The summed E-state index contributed by atoms with van der Waals surface area (Å²) in [5, 5.41) is 3.21. The number of halogens is 1. The van der Waals surface area contributed by atoms with Crippen LogP contribution in [0.15, 0.2) is 45.9 Å². The van der Waals surface area contributed by atoms with Crippen molar-refractivity contribution in [3.8, 4) is 0 Å². The van der Waals surface area contributed by atoms with E-state index in [-0.39, 0.29) is 16.9 Å². The Bertz CT molecular complexity index is 906. The lowest BCUT2D eigenvalue weighted by molar-refractivity contribution is 0.0161. The molecule has 9 heteroatoms. The molecule has 0 spiro atoms. The molecule has 2 heterocycles. The third-order valence-corrected chi connectivity index (χ3v) is 5.67. The quantitative estimate of drug-likeness (QED) is 0.781. The molecule has 7 nitrogen and oxygen atoms in total. The maximum absolute atomic E-state index is 12.4. The van der Waals surface area contributed by atoms with Crippen LogP contribution in [0.25, 0.3) is 0 Å². The van der Waals surface area contributed by atoms with Gasteiger partial charge in [0.05, 0.1) is 19.3 Å². The smallest absolute Gasteiger partial charge is 0.287 e. The molecule has 27 heavy (non-hydrogen) atoms. The van der Waals surface area contributed by atoms with Crippen molar-refractivity contribution in [2.45, 2.75) is 11.1 Å². The molecule has 0 radical (unpaired) electrons. The maximum atomic E-state index is 12.4. The largest absolute Gasteiger partial charge is 0.440 e. The number of nitrogens with one attached hydrogen (secondary N) is 1. The van der Waals surface area contributed by atoms with Crippen LogP contribution < -0.4 is 5.32 Å². The van der Waals surface area contributed by atoms with Gasteiger partial charge in [-0.15, -0.1) is 0 Å². The SMILES string of the molecule is CS(=O)(=O)c1ccc(C(=O)NCC(c2ccccc2Cl)N2CCOCC2)o1. The Morgan fingerprint density at radius 3 is 2.56 bits per heavy atom. The monoisotopic (exact) mass is 412 g/mol. The van der Waals surface area contributed by atoms with E-state index < -0.39 is 15.7 Å². The van der Waals surface area contributed by atoms with Crippen LogP contribution in [0.5, 0.6) is 0 Å². The Balaban J connectivity index is 1.75. The van der Waals surface area contributed by atoms with Crippen molar-refractivity contribution >= 4 is 27.3 Å². The number of hydrogen-bond donors (Lipinski definition) is 1. The Labute approximate surface area is 163 Å². The van der Waals surface area contributed by atoms with E-state index >= 15 is 0 Å². The number of furan rings is 1. The number of sulfone groups is 1. The first-order valence-electron chi connectivity index (χ1n) is 8.50. The standard InChI is InChI=1S/C18H21ClN2O5S/c1-27(23,24)17-7-6-16(26-17)18(22)20-12-15(21-8-10-25-11-9-21)13-4-2-3-5-14(13)19/h2-7,15H,8-12H2,1H3,(H,20,22). The Morgan fingerprint density at radius 2 is 1.93 bits per heavy atom. The second-order valence-electron chi connectivity index (χ2n) is 6.29. The van der Waals surface area contributed by atoms with Crippen molar-refractivity contribution in [2.24, 2.45) is 0 Å². The van der Waals surface area contributed by atoms with Crippen LogP contribution in [0.2, 0.25) is 5.02 Å². The van der Waals surface area contributed by atoms with Crippen LogP contribution in [0.3, 0.4) is 0 Å². The van der Waals surface area contributed by atoms with Gasteiger partial charge in [-0.1, -0.05) is 29.8 Å². The van der Waals surface area contributed by atoms with Gasteiger partial charge in [0, 0.05) is 30.9 Å². The molecule has 3 rings (SSSR count). The highest BCUT2D eigenvalue weighted by molar-refractivity contribution is 7.90. The number of carbonyl (C=O) groups is 1. The molecule has 1 N–H and O–H groups in total. The molecule has 1 aromatic heterocycles. The van der Waals surface area contributed by atoms with Crippen LogP contribution in [0, 0.1) is 0 Å². The van der Waals surface area contributed by atoms with E-state index in [1.807, 2.05) is 24.3 Å². The summed E-state index contributed by atoms with van der Waals surface area (Å²) in [5.74, 6) is -0.523. The van der Waals surface area contributed by atoms with Gasteiger partial charge in [-0.05, 0) is 23.8 Å². The summed E-state index contributed by atoms with van der Waals surface area (Å²) in [5.41, 5.74) is 0.914. The highest BCUT2D eigenvalue weighted by Crippen LogP contribution is 2.28. The van der Waals surface area contributed by atoms with E-state index in [4.69, 9.17) is 20.8 Å². The predicted octanol–water partition coefficient (Wildman–Crippen LogP) is 2.14. The number of nitrogens with zero attached hydrogens (tertiary/aromatic N) is 1. The van der Waals surface area contributed by atoms with Gasteiger partial charge in [0.2, 0.25) is 14.9 Å². The molecule has 1 saturated heterocycles. The summed E-state index contributed by atoms with van der Waals surface area (Å²) in [4.78, 5) is 14.6. The fourth-order valence-electron chi connectivity index (χ4n) is 2.99. The van der Waals surface area contributed by atoms with Crippen molar-refractivity contribution < 1.29 is 22.4 Å². The Morgan fingerprint density at radius 1 is 1.22 bits per heavy atom. The molecule has 1 fully saturated rings. The zero-order valence-corrected chi connectivity index (χ0v) is 16.4. The molecular weight excluding hydrogens is 392 g/mol. The lowest BCUT2D eigenvalue weighted by atomic mass is 10.0. The number of benzene rings is 1. The van der Waals surface area contributed by atoms with E-state index in [1.165, 1.54) is 12.1 Å². The van der Waals surface area contributed by atoms with Crippen molar-refractivity contribution in [3.63, 3.8) is 0 Å². The lowest BCUT2D eigenvalue weighted by Crippen LogP contribution is -2.43. The zero-order chi connectivity index (χ0) is 19.4. The first-order chi connectivity index (χ1) is 12.9. The average Bonchev–Trinajstić information content (AvgIpc) is 3.15. The number of carbonyl (C=O) groups excluding carboxylic acids is 1. The number of ether oxygens (including phenoxy) is 1. The van der Waals surface area contributed by atoms with Gasteiger partial charge in [-0.3, -0.25) is 9.69 Å². The van der Waals surface area contributed by atoms with Gasteiger partial charge in [0.15, 0.2) is 5.76 Å². The van der Waals surface area contributed by atoms with Crippen molar-refractivity contribution in [1.82, 2.24) is 10.2 Å². The topological polar surface area (TPSA) is 88.9 Å². The highest BCUT2D eigenvalue weighted by Gasteiger charge is 2.25. The third kappa shape index (κ3) is 4.90. The molecule has 1 amide bonds.